The van der Waals surface area contributed by atoms with Crippen LogP contribution in [0.25, 0.3) is 0 Å². The minimum atomic E-state index is -3.64. The molecule has 96 valence electrons. The first-order valence-electron chi connectivity index (χ1n) is 4.69. The van der Waals surface area contributed by atoms with Gasteiger partial charge in [0.15, 0.2) is 0 Å². The van der Waals surface area contributed by atoms with Gasteiger partial charge in [-0.05, 0) is 23.7 Å². The van der Waals surface area contributed by atoms with E-state index in [-0.39, 0.29) is 16.7 Å². The van der Waals surface area contributed by atoms with Crippen molar-refractivity contribution in [2.24, 2.45) is 0 Å². The van der Waals surface area contributed by atoms with Gasteiger partial charge in [0.25, 0.3) is 0 Å². The van der Waals surface area contributed by atoms with Crippen molar-refractivity contribution in [1.29, 1.82) is 0 Å². The first-order valence-corrected chi connectivity index (χ1v) is 7.74. The van der Waals surface area contributed by atoms with E-state index >= 15 is 0 Å². The lowest BCUT2D eigenvalue weighted by molar-refractivity contribution is 0.581. The summed E-state index contributed by atoms with van der Waals surface area (Å²) in [6.07, 6.45) is 2.30. The number of sulfonamides is 1. The van der Waals surface area contributed by atoms with Gasteiger partial charge in [0.05, 0.1) is 16.7 Å². The van der Waals surface area contributed by atoms with E-state index in [0.29, 0.717) is 4.34 Å². The smallest absolute Gasteiger partial charge is 0.225 e. The molecule has 0 aromatic carbocycles. The molecule has 0 aliphatic heterocycles. The highest BCUT2D eigenvalue weighted by Crippen LogP contribution is 2.21. The Balaban J connectivity index is 2.10. The monoisotopic (exact) mass is 323 g/mol. The average molecular weight is 324 g/mol. The second-order valence-corrected chi connectivity index (χ2v) is 7.12. The molecule has 0 saturated carbocycles. The molecule has 0 amide bonds. The molecule has 0 bridgehead atoms. The Labute approximate surface area is 118 Å². The third kappa shape index (κ3) is 3.39. The van der Waals surface area contributed by atoms with Gasteiger partial charge < -0.3 is 0 Å². The molecule has 0 aliphatic carbocycles. The molecule has 0 fully saturated rings. The molecule has 0 unspecified atom stereocenters. The fraction of sp³-hybridized carbons (Fsp3) is 0.111. The van der Waals surface area contributed by atoms with Crippen molar-refractivity contribution < 1.29 is 8.42 Å². The third-order valence-corrected chi connectivity index (χ3v) is 4.75. The van der Waals surface area contributed by atoms with Crippen molar-refractivity contribution >= 4 is 44.6 Å². The van der Waals surface area contributed by atoms with Gasteiger partial charge in [0.2, 0.25) is 15.3 Å². The molecule has 5 nitrogen and oxygen atoms in total. The Morgan fingerprint density at radius 1 is 1.22 bits per heavy atom. The van der Waals surface area contributed by atoms with Crippen molar-refractivity contribution in [3.8, 4) is 0 Å². The maximum Gasteiger partial charge on any atom is 0.243 e. The van der Waals surface area contributed by atoms with Crippen LogP contribution in [0.3, 0.4) is 0 Å². The number of halogens is 2. The predicted octanol–water partition coefficient (Wildman–Crippen LogP) is 2.32. The molecule has 0 spiro atoms. The minimum Gasteiger partial charge on any atom is -0.225 e. The molecule has 0 radical (unpaired) electrons. The summed E-state index contributed by atoms with van der Waals surface area (Å²) < 4.78 is 26.8. The Morgan fingerprint density at radius 2 is 1.89 bits per heavy atom. The molecule has 9 heteroatoms. The number of nitrogens with one attached hydrogen (secondary N) is 1. The lowest BCUT2D eigenvalue weighted by Gasteiger charge is -2.04. The summed E-state index contributed by atoms with van der Waals surface area (Å²) in [6, 6.07) is 3.47. The number of rotatable bonds is 4. The average Bonchev–Trinajstić information content (AvgIpc) is 2.73. The van der Waals surface area contributed by atoms with E-state index in [4.69, 9.17) is 23.2 Å². The van der Waals surface area contributed by atoms with E-state index in [0.717, 1.165) is 17.3 Å². The summed E-state index contributed by atoms with van der Waals surface area (Å²) >= 11 is 12.6. The van der Waals surface area contributed by atoms with Crippen LogP contribution in [-0.2, 0) is 16.6 Å². The maximum atomic E-state index is 11.9. The summed E-state index contributed by atoms with van der Waals surface area (Å²) in [5.41, 5.74) is 0. The molecule has 2 heterocycles. The van der Waals surface area contributed by atoms with Gasteiger partial charge in [-0.2, -0.15) is 0 Å². The normalized spacial score (nSPS) is 11.7. The Hall–Kier alpha value is -0.730. The Morgan fingerprint density at radius 3 is 2.44 bits per heavy atom. The van der Waals surface area contributed by atoms with Crippen LogP contribution in [0.5, 0.6) is 0 Å². The zero-order chi connectivity index (χ0) is 13.2. The lowest BCUT2D eigenvalue weighted by Crippen LogP contribution is -2.23. The number of hydrogen-bond donors (Lipinski definition) is 1. The molecule has 2 aromatic rings. The Kier molecular flexibility index (Phi) is 4.18. The molecule has 2 aromatic heterocycles. The van der Waals surface area contributed by atoms with Gasteiger partial charge in [0.1, 0.15) is 4.90 Å². The highest BCUT2D eigenvalue weighted by atomic mass is 35.5. The van der Waals surface area contributed by atoms with Crippen molar-refractivity contribution in [3.05, 3.63) is 39.0 Å². The third-order valence-electron chi connectivity index (χ3n) is 1.97. The zero-order valence-electron chi connectivity index (χ0n) is 8.80. The van der Waals surface area contributed by atoms with Gasteiger partial charge >= 0.3 is 0 Å². The van der Waals surface area contributed by atoms with Crippen molar-refractivity contribution in [2.75, 3.05) is 0 Å². The molecular formula is C9H7Cl2N3O2S2. The number of hydrogen-bond acceptors (Lipinski definition) is 5. The second kappa shape index (κ2) is 5.50. The van der Waals surface area contributed by atoms with E-state index in [1.54, 1.807) is 12.1 Å². The highest BCUT2D eigenvalue weighted by molar-refractivity contribution is 7.89. The van der Waals surface area contributed by atoms with E-state index in [1.807, 2.05) is 0 Å². The van der Waals surface area contributed by atoms with Crippen LogP contribution in [0.2, 0.25) is 9.62 Å². The summed E-state index contributed by atoms with van der Waals surface area (Å²) in [5.74, 6) is 0. The number of thiophene rings is 1. The number of aromatic nitrogens is 2. The van der Waals surface area contributed by atoms with Gasteiger partial charge in [-0.25, -0.2) is 23.1 Å². The van der Waals surface area contributed by atoms with E-state index < -0.39 is 10.0 Å². The molecule has 0 atom stereocenters. The largest absolute Gasteiger partial charge is 0.243 e. The topological polar surface area (TPSA) is 72.0 Å². The molecular weight excluding hydrogens is 317 g/mol. The highest BCUT2D eigenvalue weighted by Gasteiger charge is 2.15. The fourth-order valence-corrected chi connectivity index (χ4v) is 3.25. The van der Waals surface area contributed by atoms with E-state index in [9.17, 15) is 8.42 Å². The van der Waals surface area contributed by atoms with Crippen LogP contribution < -0.4 is 4.72 Å². The van der Waals surface area contributed by atoms with Crippen LogP contribution in [0.4, 0.5) is 0 Å². The molecule has 1 N–H and O–H groups in total. The van der Waals surface area contributed by atoms with Crippen LogP contribution in [-0.4, -0.2) is 18.4 Å². The van der Waals surface area contributed by atoms with E-state index in [1.165, 1.54) is 11.3 Å². The van der Waals surface area contributed by atoms with Crippen LogP contribution in [0.15, 0.2) is 29.4 Å². The van der Waals surface area contributed by atoms with Gasteiger partial charge in [-0.1, -0.05) is 11.6 Å². The van der Waals surface area contributed by atoms with E-state index in [2.05, 4.69) is 14.7 Å². The molecule has 0 aliphatic rings. The maximum absolute atomic E-state index is 11.9. The van der Waals surface area contributed by atoms with Crippen molar-refractivity contribution in [2.45, 2.75) is 11.4 Å². The summed E-state index contributed by atoms with van der Waals surface area (Å²) in [6.45, 7) is 0.169. The predicted molar refractivity (Wildman–Crippen MR) is 70.4 cm³/mol. The lowest BCUT2D eigenvalue weighted by atomic mass is 10.5. The van der Waals surface area contributed by atoms with Gasteiger partial charge in [-0.15, -0.1) is 11.3 Å². The van der Waals surface area contributed by atoms with Gasteiger partial charge in [-0.3, -0.25) is 0 Å². The van der Waals surface area contributed by atoms with Crippen molar-refractivity contribution in [3.63, 3.8) is 0 Å². The molecule has 2 rings (SSSR count). The Bertz CT molecular complexity index is 640. The zero-order valence-corrected chi connectivity index (χ0v) is 11.9. The quantitative estimate of drug-likeness (QED) is 0.876. The first-order chi connectivity index (χ1) is 8.47. The summed E-state index contributed by atoms with van der Waals surface area (Å²) in [5, 5.41) is -0.000936. The number of nitrogens with zero attached hydrogens (tertiary/aromatic N) is 2. The summed E-state index contributed by atoms with van der Waals surface area (Å²) in [7, 11) is -3.64. The van der Waals surface area contributed by atoms with Crippen molar-refractivity contribution in [1.82, 2.24) is 14.7 Å². The standard InChI is InChI=1S/C9H7Cl2N3O2S2/c10-8-2-1-6(17-8)3-14-18(15,16)7-4-12-9(11)13-5-7/h1-2,4-5,14H,3H2. The van der Waals surface area contributed by atoms with Crippen LogP contribution >= 0.6 is 34.5 Å². The summed E-state index contributed by atoms with van der Waals surface area (Å²) in [4.78, 5) is 8.03. The first kappa shape index (κ1) is 13.7. The molecule has 0 saturated heterocycles. The molecule has 18 heavy (non-hydrogen) atoms. The van der Waals surface area contributed by atoms with Crippen LogP contribution in [0.1, 0.15) is 4.88 Å². The van der Waals surface area contributed by atoms with Crippen LogP contribution in [0, 0.1) is 0 Å². The van der Waals surface area contributed by atoms with Gasteiger partial charge in [0, 0.05) is 11.4 Å². The second-order valence-electron chi connectivity index (χ2n) is 3.22. The minimum absolute atomic E-state index is 0.000936. The fourth-order valence-electron chi connectivity index (χ4n) is 1.14. The SMILES string of the molecule is O=S(=O)(NCc1ccc(Cl)s1)c1cnc(Cl)nc1.